The Morgan fingerprint density at radius 3 is 2.50 bits per heavy atom. The van der Waals surface area contributed by atoms with E-state index in [4.69, 9.17) is 4.99 Å². The van der Waals surface area contributed by atoms with Gasteiger partial charge < -0.3 is 4.57 Å². The van der Waals surface area contributed by atoms with E-state index in [-0.39, 0.29) is 5.82 Å². The van der Waals surface area contributed by atoms with Crippen molar-refractivity contribution in [3.63, 3.8) is 0 Å². The lowest BCUT2D eigenvalue weighted by atomic mass is 9.95. The Balaban J connectivity index is 1.90. The average molecular weight is 318 g/mol. The van der Waals surface area contributed by atoms with Gasteiger partial charge in [-0.25, -0.2) is 4.39 Å². The lowest BCUT2D eigenvalue weighted by Gasteiger charge is -2.24. The molecule has 1 aliphatic rings. The molecule has 1 aromatic heterocycles. The first-order chi connectivity index (χ1) is 10.6. The molecule has 3 rings (SSSR count). The molecule has 0 aliphatic heterocycles. The van der Waals surface area contributed by atoms with Crippen LogP contribution in [0.4, 0.5) is 4.39 Å². The van der Waals surface area contributed by atoms with Gasteiger partial charge in [0.1, 0.15) is 5.82 Å². The Kier molecular flexibility index (Phi) is 4.77. The summed E-state index contributed by atoms with van der Waals surface area (Å²) in [6.07, 6.45) is 6.54. The highest BCUT2D eigenvalue weighted by Gasteiger charge is 2.19. The Labute approximate surface area is 135 Å². The van der Waals surface area contributed by atoms with Gasteiger partial charge >= 0.3 is 0 Å². The summed E-state index contributed by atoms with van der Waals surface area (Å²) < 4.78 is 15.4. The van der Waals surface area contributed by atoms with Gasteiger partial charge in [0.05, 0.1) is 6.54 Å². The van der Waals surface area contributed by atoms with Gasteiger partial charge in [-0.15, -0.1) is 11.3 Å². The summed E-state index contributed by atoms with van der Waals surface area (Å²) in [7, 11) is 0. The predicted molar refractivity (Wildman–Crippen MR) is 89.6 cm³/mol. The second-order valence-electron chi connectivity index (χ2n) is 6.13. The number of nitrogens with zero attached hydrogens (tertiary/aromatic N) is 2. The highest BCUT2D eigenvalue weighted by atomic mass is 32.1. The van der Waals surface area contributed by atoms with Crippen molar-refractivity contribution in [2.45, 2.75) is 58.5 Å². The van der Waals surface area contributed by atoms with Crippen LogP contribution in [0, 0.1) is 19.7 Å². The molecule has 0 amide bonds. The van der Waals surface area contributed by atoms with Gasteiger partial charge in [-0.3, -0.25) is 4.99 Å². The third-order valence-corrected chi connectivity index (χ3v) is 5.68. The van der Waals surface area contributed by atoms with E-state index in [1.54, 1.807) is 11.3 Å². The predicted octanol–water partition coefficient (Wildman–Crippen LogP) is 4.91. The molecule has 1 saturated carbocycles. The summed E-state index contributed by atoms with van der Waals surface area (Å²) >= 11 is 1.78. The van der Waals surface area contributed by atoms with E-state index >= 15 is 0 Å². The monoisotopic (exact) mass is 318 g/mol. The van der Waals surface area contributed by atoms with Crippen LogP contribution in [0.2, 0.25) is 0 Å². The zero-order valence-corrected chi connectivity index (χ0v) is 14.1. The molecule has 0 spiro atoms. The van der Waals surface area contributed by atoms with E-state index < -0.39 is 0 Å². The third kappa shape index (κ3) is 3.32. The Morgan fingerprint density at radius 2 is 1.82 bits per heavy atom. The molecule has 0 atom stereocenters. The number of halogens is 1. The smallest absolute Gasteiger partial charge is 0.185 e. The van der Waals surface area contributed by atoms with Crippen LogP contribution in [0.5, 0.6) is 0 Å². The number of aromatic nitrogens is 1. The molecule has 2 aromatic rings. The summed E-state index contributed by atoms with van der Waals surface area (Å²) in [6.45, 7) is 5.00. The average Bonchev–Trinajstić information content (AvgIpc) is 2.82. The molecule has 0 radical (unpaired) electrons. The molecule has 0 N–H and O–H groups in total. The van der Waals surface area contributed by atoms with Gasteiger partial charge in [0.2, 0.25) is 0 Å². The normalized spacial score (nSPS) is 17.1. The van der Waals surface area contributed by atoms with Crippen molar-refractivity contribution in [3.05, 3.63) is 51.0 Å². The first kappa shape index (κ1) is 15.5. The highest BCUT2D eigenvalue weighted by Crippen LogP contribution is 2.29. The second kappa shape index (κ2) is 6.78. The summed E-state index contributed by atoms with van der Waals surface area (Å²) in [6, 6.07) is 7.25. The van der Waals surface area contributed by atoms with Crippen LogP contribution in [0.3, 0.4) is 0 Å². The molecular weight excluding hydrogens is 295 g/mol. The maximum absolute atomic E-state index is 13.0. The number of thiazole rings is 1. The van der Waals surface area contributed by atoms with Gasteiger partial charge in [-0.1, -0.05) is 31.4 Å². The van der Waals surface area contributed by atoms with Crippen molar-refractivity contribution in [2.75, 3.05) is 0 Å². The summed E-state index contributed by atoms with van der Waals surface area (Å²) in [4.78, 5) is 7.29. The minimum Gasteiger partial charge on any atom is -0.318 e. The fraction of sp³-hybridized carbons (Fsp3) is 0.500. The minimum absolute atomic E-state index is 0.191. The Hall–Kier alpha value is -1.42. The van der Waals surface area contributed by atoms with E-state index in [1.807, 2.05) is 12.1 Å². The minimum atomic E-state index is -0.191. The number of aryl methyl sites for hydroxylation is 1. The topological polar surface area (TPSA) is 17.3 Å². The summed E-state index contributed by atoms with van der Waals surface area (Å²) in [5.74, 6) is -0.191. The summed E-state index contributed by atoms with van der Waals surface area (Å²) in [5.41, 5.74) is 2.41. The Morgan fingerprint density at radius 1 is 1.14 bits per heavy atom. The lowest BCUT2D eigenvalue weighted by molar-refractivity contribution is 0.343. The molecule has 1 aliphatic carbocycles. The molecule has 22 heavy (non-hydrogen) atoms. The van der Waals surface area contributed by atoms with Crippen LogP contribution >= 0.6 is 11.3 Å². The number of hydrogen-bond acceptors (Lipinski definition) is 2. The standard InChI is InChI=1S/C18H23FN2S/c1-13-14(2)22-18(21(13)17-6-4-3-5-7-17)20-12-15-8-10-16(19)11-9-15/h8-11,17H,3-7,12H2,1-2H3. The van der Waals surface area contributed by atoms with Gasteiger partial charge in [0.25, 0.3) is 0 Å². The molecule has 2 nitrogen and oxygen atoms in total. The zero-order valence-electron chi connectivity index (χ0n) is 13.3. The van der Waals surface area contributed by atoms with Crippen LogP contribution < -0.4 is 4.80 Å². The van der Waals surface area contributed by atoms with E-state index in [1.165, 1.54) is 54.8 Å². The van der Waals surface area contributed by atoms with Gasteiger partial charge in [-0.05, 0) is 44.4 Å². The molecule has 1 fully saturated rings. The van der Waals surface area contributed by atoms with Crippen LogP contribution in [-0.2, 0) is 6.54 Å². The molecule has 4 heteroatoms. The van der Waals surface area contributed by atoms with Crippen molar-refractivity contribution in [1.82, 2.24) is 4.57 Å². The summed E-state index contributed by atoms with van der Waals surface area (Å²) in [5, 5.41) is 0. The van der Waals surface area contributed by atoms with Gasteiger partial charge in [-0.2, -0.15) is 0 Å². The van der Waals surface area contributed by atoms with Gasteiger partial charge in [0.15, 0.2) is 4.80 Å². The lowest BCUT2D eigenvalue weighted by Crippen LogP contribution is -2.24. The molecule has 1 aromatic carbocycles. The fourth-order valence-electron chi connectivity index (χ4n) is 3.20. The molecule has 0 saturated heterocycles. The zero-order chi connectivity index (χ0) is 15.5. The maximum Gasteiger partial charge on any atom is 0.185 e. The van der Waals surface area contributed by atoms with E-state index in [0.717, 1.165) is 10.4 Å². The molecule has 118 valence electrons. The highest BCUT2D eigenvalue weighted by molar-refractivity contribution is 7.09. The van der Waals surface area contributed by atoms with Crippen molar-refractivity contribution >= 4 is 11.3 Å². The van der Waals surface area contributed by atoms with E-state index in [0.29, 0.717) is 12.6 Å². The molecule has 1 heterocycles. The molecule has 0 unspecified atom stereocenters. The van der Waals surface area contributed by atoms with Crippen molar-refractivity contribution in [3.8, 4) is 0 Å². The maximum atomic E-state index is 13.0. The molecular formula is C18H23FN2S. The van der Waals surface area contributed by atoms with E-state index in [2.05, 4.69) is 18.4 Å². The Bertz CT molecular complexity index is 691. The van der Waals surface area contributed by atoms with Crippen LogP contribution in [0.1, 0.15) is 54.3 Å². The van der Waals surface area contributed by atoms with Crippen molar-refractivity contribution in [2.24, 2.45) is 4.99 Å². The molecule has 0 bridgehead atoms. The SMILES string of the molecule is Cc1sc(=NCc2ccc(F)cc2)n(C2CCCCC2)c1C. The number of rotatable bonds is 3. The first-order valence-electron chi connectivity index (χ1n) is 8.08. The number of hydrogen-bond donors (Lipinski definition) is 0. The van der Waals surface area contributed by atoms with Crippen LogP contribution in [-0.4, -0.2) is 4.57 Å². The van der Waals surface area contributed by atoms with Crippen LogP contribution in [0.25, 0.3) is 0 Å². The second-order valence-corrected chi connectivity index (χ2v) is 7.31. The quantitative estimate of drug-likeness (QED) is 0.765. The fourth-order valence-corrected chi connectivity index (χ4v) is 4.23. The van der Waals surface area contributed by atoms with Crippen LogP contribution in [0.15, 0.2) is 29.3 Å². The number of benzene rings is 1. The first-order valence-corrected chi connectivity index (χ1v) is 8.90. The largest absolute Gasteiger partial charge is 0.318 e. The van der Waals surface area contributed by atoms with Crippen molar-refractivity contribution in [1.29, 1.82) is 0 Å². The van der Waals surface area contributed by atoms with Crippen molar-refractivity contribution < 1.29 is 4.39 Å². The third-order valence-electron chi connectivity index (χ3n) is 4.57. The van der Waals surface area contributed by atoms with Gasteiger partial charge in [0, 0.05) is 16.6 Å². The van der Waals surface area contributed by atoms with E-state index in [9.17, 15) is 4.39 Å².